The number of ether oxygens (including phenoxy) is 1. The van der Waals surface area contributed by atoms with Crippen LogP contribution in [0.4, 0.5) is 16.3 Å². The van der Waals surface area contributed by atoms with Crippen molar-refractivity contribution in [2.24, 2.45) is 0 Å². The highest BCUT2D eigenvalue weighted by molar-refractivity contribution is 7.90. The SMILES string of the molecule is CC(C)(C)OC(=O)N(CCS(C)(=O)=O)Cc1ccc(-c2ccc3ncnc(Nc4ccc(O)c(Cl)c4)c3c2)o1. The topological polar surface area (TPSA) is 135 Å². The van der Waals surface area contributed by atoms with Gasteiger partial charge in [-0.1, -0.05) is 11.6 Å². The molecule has 4 aromatic rings. The molecule has 0 saturated heterocycles. The van der Waals surface area contributed by atoms with Crippen LogP contribution in [0, 0.1) is 0 Å². The van der Waals surface area contributed by atoms with E-state index in [1.807, 2.05) is 18.2 Å². The van der Waals surface area contributed by atoms with Crippen LogP contribution < -0.4 is 5.32 Å². The van der Waals surface area contributed by atoms with Gasteiger partial charge in [-0.15, -0.1) is 0 Å². The molecule has 2 aromatic carbocycles. The Morgan fingerprint density at radius 1 is 1.13 bits per heavy atom. The first-order valence-corrected chi connectivity index (χ1v) is 14.5. The van der Waals surface area contributed by atoms with Crippen LogP contribution in [-0.2, 0) is 21.1 Å². The zero-order valence-electron chi connectivity index (χ0n) is 21.9. The van der Waals surface area contributed by atoms with E-state index in [1.165, 1.54) is 17.3 Å². The third-order valence-corrected chi connectivity index (χ3v) is 6.75. The number of furan rings is 1. The highest BCUT2D eigenvalue weighted by Crippen LogP contribution is 2.32. The van der Waals surface area contributed by atoms with Gasteiger partial charge in [0.2, 0.25) is 0 Å². The number of phenolic OH excluding ortho intramolecular Hbond substituents is 1. The standard InChI is InChI=1S/C27H29ClN4O6S/c1-27(2,3)38-26(34)32(11-12-39(4,35)36)15-19-7-10-24(37-19)17-5-8-22-20(13-17)25(30-16-29-22)31-18-6-9-23(33)21(28)14-18/h5-10,13-14,16,33H,11-12,15H2,1-4H3,(H,29,30,31). The van der Waals surface area contributed by atoms with E-state index in [4.69, 9.17) is 20.8 Å². The Labute approximate surface area is 231 Å². The Morgan fingerprint density at radius 3 is 2.59 bits per heavy atom. The first kappa shape index (κ1) is 28.2. The maximum Gasteiger partial charge on any atom is 0.410 e. The number of carbonyl (C=O) groups excluding carboxylic acids is 1. The number of hydrogen-bond donors (Lipinski definition) is 2. The summed E-state index contributed by atoms with van der Waals surface area (Å²) in [6.07, 6.45) is 1.93. The van der Waals surface area contributed by atoms with Gasteiger partial charge in [0.05, 0.1) is 22.8 Å². The molecule has 0 unspecified atom stereocenters. The molecule has 1 amide bonds. The van der Waals surface area contributed by atoms with Gasteiger partial charge in [-0.2, -0.15) is 0 Å². The lowest BCUT2D eigenvalue weighted by molar-refractivity contribution is 0.0234. The molecule has 12 heteroatoms. The van der Waals surface area contributed by atoms with Gasteiger partial charge < -0.3 is 19.6 Å². The summed E-state index contributed by atoms with van der Waals surface area (Å²) in [7, 11) is -3.30. The van der Waals surface area contributed by atoms with E-state index in [0.717, 1.165) is 17.2 Å². The number of benzene rings is 2. The van der Waals surface area contributed by atoms with Gasteiger partial charge in [-0.05, 0) is 69.3 Å². The Kier molecular flexibility index (Phi) is 8.03. The van der Waals surface area contributed by atoms with Gasteiger partial charge >= 0.3 is 6.09 Å². The van der Waals surface area contributed by atoms with E-state index in [-0.39, 0.29) is 29.6 Å². The highest BCUT2D eigenvalue weighted by atomic mass is 35.5. The van der Waals surface area contributed by atoms with E-state index >= 15 is 0 Å². The summed E-state index contributed by atoms with van der Waals surface area (Å²) in [5.41, 5.74) is 1.35. The van der Waals surface area contributed by atoms with Gasteiger partial charge in [0.25, 0.3) is 0 Å². The molecule has 0 atom stereocenters. The average Bonchev–Trinajstić information content (AvgIpc) is 3.31. The van der Waals surface area contributed by atoms with Crippen LogP contribution in [0.15, 0.2) is 59.3 Å². The van der Waals surface area contributed by atoms with E-state index < -0.39 is 21.5 Å². The number of nitrogens with one attached hydrogen (secondary N) is 1. The number of aromatic hydroxyl groups is 1. The number of carbonyl (C=O) groups is 1. The third-order valence-electron chi connectivity index (χ3n) is 5.52. The molecular weight excluding hydrogens is 544 g/mol. The summed E-state index contributed by atoms with van der Waals surface area (Å²) < 4.78 is 35.0. The molecule has 2 N–H and O–H groups in total. The Morgan fingerprint density at radius 2 is 1.90 bits per heavy atom. The van der Waals surface area contributed by atoms with E-state index in [1.54, 1.807) is 45.0 Å². The number of phenols is 1. The Balaban J connectivity index is 1.59. The van der Waals surface area contributed by atoms with Gasteiger partial charge in [0.1, 0.15) is 44.9 Å². The van der Waals surface area contributed by atoms with Gasteiger partial charge in [0.15, 0.2) is 0 Å². The number of aromatic nitrogens is 2. The zero-order chi connectivity index (χ0) is 28.4. The molecule has 0 fully saturated rings. The molecule has 0 aliphatic carbocycles. The molecule has 0 aliphatic heterocycles. The minimum atomic E-state index is -3.30. The van der Waals surface area contributed by atoms with Crippen molar-refractivity contribution >= 4 is 49.9 Å². The lowest BCUT2D eigenvalue weighted by atomic mass is 10.1. The first-order valence-electron chi connectivity index (χ1n) is 12.0. The van der Waals surface area contributed by atoms with Crippen molar-refractivity contribution in [3.63, 3.8) is 0 Å². The molecule has 0 radical (unpaired) electrons. The number of fused-ring (bicyclic) bond motifs is 1. The van der Waals surface area contributed by atoms with Crippen molar-refractivity contribution in [2.45, 2.75) is 32.9 Å². The highest BCUT2D eigenvalue weighted by Gasteiger charge is 2.24. The summed E-state index contributed by atoms with van der Waals surface area (Å²) in [6, 6.07) is 13.8. The lowest BCUT2D eigenvalue weighted by Gasteiger charge is -2.26. The summed E-state index contributed by atoms with van der Waals surface area (Å²) >= 11 is 6.04. The smallest absolute Gasteiger partial charge is 0.410 e. The fourth-order valence-electron chi connectivity index (χ4n) is 3.67. The summed E-state index contributed by atoms with van der Waals surface area (Å²) in [6.45, 7) is 5.23. The number of halogens is 1. The second-order valence-electron chi connectivity index (χ2n) is 10.0. The lowest BCUT2D eigenvalue weighted by Crippen LogP contribution is -2.38. The van der Waals surface area contributed by atoms with Crippen LogP contribution in [0.2, 0.25) is 5.02 Å². The van der Waals surface area contributed by atoms with Crippen LogP contribution in [0.1, 0.15) is 26.5 Å². The monoisotopic (exact) mass is 572 g/mol. The Hall–Kier alpha value is -3.83. The molecule has 2 aromatic heterocycles. The predicted octanol–water partition coefficient (Wildman–Crippen LogP) is 5.77. The molecule has 206 valence electrons. The number of hydrogen-bond acceptors (Lipinski definition) is 9. The number of rotatable bonds is 8. The van der Waals surface area contributed by atoms with Gasteiger partial charge in [-0.25, -0.2) is 23.2 Å². The van der Waals surface area contributed by atoms with Crippen molar-refractivity contribution in [3.8, 4) is 17.1 Å². The van der Waals surface area contributed by atoms with Crippen molar-refractivity contribution in [2.75, 3.05) is 23.9 Å². The molecule has 10 nitrogen and oxygen atoms in total. The van der Waals surface area contributed by atoms with Crippen LogP contribution in [0.25, 0.3) is 22.2 Å². The largest absolute Gasteiger partial charge is 0.506 e. The average molecular weight is 573 g/mol. The summed E-state index contributed by atoms with van der Waals surface area (Å²) in [4.78, 5) is 22.8. The number of anilines is 2. The zero-order valence-corrected chi connectivity index (χ0v) is 23.5. The molecule has 0 spiro atoms. The number of amides is 1. The van der Waals surface area contributed by atoms with Gasteiger partial charge in [-0.3, -0.25) is 4.90 Å². The second-order valence-corrected chi connectivity index (χ2v) is 12.7. The number of nitrogens with zero attached hydrogens (tertiary/aromatic N) is 3. The van der Waals surface area contributed by atoms with Gasteiger partial charge in [0, 0.05) is 29.4 Å². The predicted molar refractivity (Wildman–Crippen MR) is 150 cm³/mol. The first-order chi connectivity index (χ1) is 18.3. The van der Waals surface area contributed by atoms with Crippen molar-refractivity contribution in [3.05, 3.63) is 65.6 Å². The minimum absolute atomic E-state index is 0.0211. The van der Waals surface area contributed by atoms with Crippen LogP contribution >= 0.6 is 11.6 Å². The van der Waals surface area contributed by atoms with Crippen molar-refractivity contribution in [1.29, 1.82) is 0 Å². The fourth-order valence-corrected chi connectivity index (χ4v) is 4.41. The Bertz CT molecular complexity index is 1610. The van der Waals surface area contributed by atoms with Crippen LogP contribution in [-0.4, -0.2) is 58.6 Å². The molecule has 0 aliphatic rings. The summed E-state index contributed by atoms with van der Waals surface area (Å²) in [5.74, 6) is 1.32. The quantitative estimate of drug-likeness (QED) is 0.252. The molecule has 0 saturated carbocycles. The van der Waals surface area contributed by atoms with Crippen molar-refractivity contribution in [1.82, 2.24) is 14.9 Å². The summed E-state index contributed by atoms with van der Waals surface area (Å²) in [5, 5.41) is 13.8. The maximum atomic E-state index is 12.8. The van der Waals surface area contributed by atoms with E-state index in [0.29, 0.717) is 28.5 Å². The van der Waals surface area contributed by atoms with E-state index in [9.17, 15) is 18.3 Å². The molecule has 4 rings (SSSR count). The normalized spacial score (nSPS) is 11.9. The minimum Gasteiger partial charge on any atom is -0.506 e. The van der Waals surface area contributed by atoms with Crippen molar-refractivity contribution < 1.29 is 27.5 Å². The van der Waals surface area contributed by atoms with Crippen LogP contribution in [0.3, 0.4) is 0 Å². The third kappa shape index (κ3) is 7.61. The molecule has 39 heavy (non-hydrogen) atoms. The van der Waals surface area contributed by atoms with Crippen LogP contribution in [0.5, 0.6) is 5.75 Å². The molecular formula is C27H29ClN4O6S. The van der Waals surface area contributed by atoms with E-state index in [2.05, 4.69) is 15.3 Å². The number of sulfone groups is 1. The second kappa shape index (κ2) is 11.1. The molecule has 2 heterocycles. The fraction of sp³-hybridized carbons (Fsp3) is 0.296. The molecule has 0 bridgehead atoms. The maximum absolute atomic E-state index is 12.8.